The topological polar surface area (TPSA) is 30.0 Å². The summed E-state index contributed by atoms with van der Waals surface area (Å²) in [5, 5.41) is 0. The van der Waals surface area contributed by atoms with Gasteiger partial charge in [0.25, 0.3) is 0 Å². The number of aromatic nitrogens is 1. The lowest BCUT2D eigenvalue weighted by molar-refractivity contribution is -0.120. The summed E-state index contributed by atoms with van der Waals surface area (Å²) < 4.78 is 0. The third kappa shape index (κ3) is 3.21. The highest BCUT2D eigenvalue weighted by Crippen LogP contribution is 2.31. The maximum absolute atomic E-state index is 12.6. The first kappa shape index (κ1) is 14.0. The molecule has 3 rings (SSSR count). The molecule has 0 amide bonds. The van der Waals surface area contributed by atoms with Gasteiger partial charge in [-0.1, -0.05) is 35.9 Å². The molecule has 0 N–H and O–H groups in total. The monoisotopic (exact) mass is 279 g/mol. The summed E-state index contributed by atoms with van der Waals surface area (Å²) in [6.07, 6.45) is 6.37. The molecule has 0 bridgehead atoms. The molecule has 0 fully saturated rings. The molecule has 0 saturated heterocycles. The zero-order chi connectivity index (χ0) is 14.7. The largest absolute Gasteiger partial charge is 0.299 e. The Balaban J connectivity index is 1.68. The molecule has 1 unspecified atom stereocenters. The maximum Gasteiger partial charge on any atom is 0.142 e. The summed E-state index contributed by atoms with van der Waals surface area (Å²) in [6.45, 7) is 2.08. The third-order valence-electron chi connectivity index (χ3n) is 4.36. The van der Waals surface area contributed by atoms with E-state index in [1.807, 2.05) is 12.3 Å². The second kappa shape index (κ2) is 6.21. The molecule has 1 aliphatic rings. The average molecular weight is 279 g/mol. The predicted molar refractivity (Wildman–Crippen MR) is 84.4 cm³/mol. The molecule has 1 aromatic heterocycles. The van der Waals surface area contributed by atoms with E-state index in [0.29, 0.717) is 12.2 Å². The van der Waals surface area contributed by atoms with Crippen molar-refractivity contribution in [1.29, 1.82) is 0 Å². The van der Waals surface area contributed by atoms with Gasteiger partial charge in [0.05, 0.1) is 11.6 Å². The zero-order valence-electron chi connectivity index (χ0n) is 12.5. The second-order valence-corrected chi connectivity index (χ2v) is 5.94. The molecule has 0 saturated carbocycles. The minimum absolute atomic E-state index is 0.0143. The van der Waals surface area contributed by atoms with E-state index in [1.54, 1.807) is 0 Å². The smallest absolute Gasteiger partial charge is 0.142 e. The Morgan fingerprint density at radius 2 is 2.05 bits per heavy atom. The van der Waals surface area contributed by atoms with Crippen molar-refractivity contribution in [2.45, 2.75) is 44.9 Å². The van der Waals surface area contributed by atoms with E-state index in [0.717, 1.165) is 31.4 Å². The Hall–Kier alpha value is -1.96. The van der Waals surface area contributed by atoms with Crippen LogP contribution in [0.3, 0.4) is 0 Å². The molecule has 1 aliphatic carbocycles. The minimum atomic E-state index is 0.0143. The van der Waals surface area contributed by atoms with Gasteiger partial charge in [0.1, 0.15) is 5.78 Å². The Morgan fingerprint density at radius 1 is 1.24 bits per heavy atom. The fourth-order valence-corrected chi connectivity index (χ4v) is 3.12. The number of rotatable bonds is 4. The summed E-state index contributed by atoms with van der Waals surface area (Å²) in [6, 6.07) is 12.5. The van der Waals surface area contributed by atoms with Gasteiger partial charge < -0.3 is 0 Å². The van der Waals surface area contributed by atoms with Crippen LogP contribution >= 0.6 is 0 Å². The molecule has 0 radical (unpaired) electrons. The number of ketones is 1. The molecule has 1 atom stereocenters. The van der Waals surface area contributed by atoms with Crippen LogP contribution in [0.5, 0.6) is 0 Å². The molecule has 1 heterocycles. The zero-order valence-corrected chi connectivity index (χ0v) is 12.5. The van der Waals surface area contributed by atoms with Crippen LogP contribution in [0.15, 0.2) is 42.6 Å². The number of benzene rings is 1. The van der Waals surface area contributed by atoms with Gasteiger partial charge in [0.2, 0.25) is 0 Å². The van der Waals surface area contributed by atoms with Gasteiger partial charge in [0.15, 0.2) is 0 Å². The SMILES string of the molecule is Cc1ccc(CCC(=O)C2CCCc3cccnc32)cc1. The summed E-state index contributed by atoms with van der Waals surface area (Å²) >= 11 is 0. The number of Topliss-reactive ketones (excluding diaryl/α,β-unsaturated/α-hetero) is 1. The van der Waals surface area contributed by atoms with Crippen molar-refractivity contribution in [2.24, 2.45) is 0 Å². The van der Waals surface area contributed by atoms with Gasteiger partial charge in [-0.2, -0.15) is 0 Å². The fourth-order valence-electron chi connectivity index (χ4n) is 3.12. The Kier molecular flexibility index (Phi) is 4.14. The minimum Gasteiger partial charge on any atom is -0.299 e. The molecule has 108 valence electrons. The van der Waals surface area contributed by atoms with Crippen molar-refractivity contribution >= 4 is 5.78 Å². The van der Waals surface area contributed by atoms with E-state index in [1.165, 1.54) is 16.7 Å². The van der Waals surface area contributed by atoms with Crippen LogP contribution in [0.25, 0.3) is 0 Å². The summed E-state index contributed by atoms with van der Waals surface area (Å²) in [7, 11) is 0. The van der Waals surface area contributed by atoms with Crippen LogP contribution in [0.4, 0.5) is 0 Å². The summed E-state index contributed by atoms with van der Waals surface area (Å²) in [5.41, 5.74) is 4.79. The first-order valence-electron chi connectivity index (χ1n) is 7.76. The lowest BCUT2D eigenvalue weighted by atomic mass is 9.82. The number of carbonyl (C=O) groups is 1. The summed E-state index contributed by atoms with van der Waals surface area (Å²) in [5.74, 6) is 0.357. The molecule has 0 aliphatic heterocycles. The van der Waals surface area contributed by atoms with E-state index in [4.69, 9.17) is 0 Å². The van der Waals surface area contributed by atoms with Gasteiger partial charge in [-0.3, -0.25) is 9.78 Å². The predicted octanol–water partition coefficient (Wildman–Crippen LogP) is 4.01. The highest BCUT2D eigenvalue weighted by molar-refractivity contribution is 5.86. The Bertz CT molecular complexity index is 630. The third-order valence-corrected chi connectivity index (χ3v) is 4.36. The molecular weight excluding hydrogens is 258 g/mol. The first-order valence-corrected chi connectivity index (χ1v) is 7.76. The highest BCUT2D eigenvalue weighted by atomic mass is 16.1. The lowest BCUT2D eigenvalue weighted by Crippen LogP contribution is -2.20. The number of pyridine rings is 1. The van der Waals surface area contributed by atoms with Crippen LogP contribution in [0, 0.1) is 6.92 Å². The van der Waals surface area contributed by atoms with Crippen LogP contribution < -0.4 is 0 Å². The molecule has 2 aromatic rings. The Morgan fingerprint density at radius 3 is 2.86 bits per heavy atom. The molecule has 2 nitrogen and oxygen atoms in total. The van der Waals surface area contributed by atoms with Gasteiger partial charge >= 0.3 is 0 Å². The molecule has 0 spiro atoms. The highest BCUT2D eigenvalue weighted by Gasteiger charge is 2.26. The maximum atomic E-state index is 12.6. The number of hydrogen-bond donors (Lipinski definition) is 0. The molecule has 21 heavy (non-hydrogen) atoms. The quantitative estimate of drug-likeness (QED) is 0.846. The normalized spacial score (nSPS) is 17.3. The van der Waals surface area contributed by atoms with Gasteiger partial charge in [0, 0.05) is 12.6 Å². The van der Waals surface area contributed by atoms with Crippen molar-refractivity contribution in [3.8, 4) is 0 Å². The van der Waals surface area contributed by atoms with E-state index < -0.39 is 0 Å². The van der Waals surface area contributed by atoms with Gasteiger partial charge in [-0.25, -0.2) is 0 Å². The van der Waals surface area contributed by atoms with Crippen LogP contribution in [0.2, 0.25) is 0 Å². The van der Waals surface area contributed by atoms with E-state index in [-0.39, 0.29) is 5.92 Å². The lowest BCUT2D eigenvalue weighted by Gasteiger charge is -2.23. The number of aryl methyl sites for hydroxylation is 3. The van der Waals surface area contributed by atoms with Crippen molar-refractivity contribution in [3.63, 3.8) is 0 Å². The van der Waals surface area contributed by atoms with Crippen LogP contribution in [-0.2, 0) is 17.6 Å². The van der Waals surface area contributed by atoms with Gasteiger partial charge in [-0.15, -0.1) is 0 Å². The number of fused-ring (bicyclic) bond motifs is 1. The second-order valence-electron chi connectivity index (χ2n) is 5.94. The first-order chi connectivity index (χ1) is 10.2. The van der Waals surface area contributed by atoms with Gasteiger partial charge in [-0.05, 0) is 49.8 Å². The van der Waals surface area contributed by atoms with Crippen LogP contribution in [-0.4, -0.2) is 10.8 Å². The number of nitrogens with zero attached hydrogens (tertiary/aromatic N) is 1. The Labute approximate surface area is 126 Å². The number of carbonyl (C=O) groups excluding carboxylic acids is 1. The van der Waals surface area contributed by atoms with E-state index in [9.17, 15) is 4.79 Å². The van der Waals surface area contributed by atoms with Crippen molar-refractivity contribution in [2.75, 3.05) is 0 Å². The average Bonchev–Trinajstić information content (AvgIpc) is 2.53. The van der Waals surface area contributed by atoms with Crippen molar-refractivity contribution in [1.82, 2.24) is 4.98 Å². The van der Waals surface area contributed by atoms with E-state index in [2.05, 4.69) is 42.2 Å². The van der Waals surface area contributed by atoms with E-state index >= 15 is 0 Å². The molecular formula is C19H21NO. The fraction of sp³-hybridized carbons (Fsp3) is 0.368. The number of hydrogen-bond acceptors (Lipinski definition) is 2. The van der Waals surface area contributed by atoms with Crippen LogP contribution in [0.1, 0.15) is 47.6 Å². The molecule has 2 heteroatoms. The summed E-state index contributed by atoms with van der Waals surface area (Å²) in [4.78, 5) is 17.0. The molecule has 1 aromatic carbocycles. The van der Waals surface area contributed by atoms with Crippen molar-refractivity contribution < 1.29 is 4.79 Å². The van der Waals surface area contributed by atoms with Crippen molar-refractivity contribution in [3.05, 3.63) is 65.0 Å². The standard InChI is InChI=1S/C19H21NO/c1-14-7-9-15(10-8-14)11-12-18(21)17-6-2-4-16-5-3-13-20-19(16)17/h3,5,7-10,13,17H,2,4,6,11-12H2,1H3.